The highest BCUT2D eigenvalue weighted by Crippen LogP contribution is 2.31. The van der Waals surface area contributed by atoms with Crippen molar-refractivity contribution < 1.29 is 14.3 Å². The number of aromatic nitrogens is 1. The van der Waals surface area contributed by atoms with Gasteiger partial charge >= 0.3 is 0 Å². The van der Waals surface area contributed by atoms with Gasteiger partial charge in [-0.1, -0.05) is 12.1 Å². The van der Waals surface area contributed by atoms with Crippen LogP contribution in [0.3, 0.4) is 0 Å². The van der Waals surface area contributed by atoms with Crippen LogP contribution in [0, 0.1) is 5.82 Å². The third-order valence-electron chi connectivity index (χ3n) is 3.33. The summed E-state index contributed by atoms with van der Waals surface area (Å²) in [6.45, 7) is 0. The molecule has 0 spiro atoms. The first-order chi connectivity index (χ1) is 10.5. The van der Waals surface area contributed by atoms with Crippen LogP contribution in [0.5, 0.6) is 5.75 Å². The lowest BCUT2D eigenvalue weighted by atomic mass is 10.2. The van der Waals surface area contributed by atoms with E-state index in [-0.39, 0.29) is 11.4 Å². The number of carbonyl (C=O) groups is 1. The van der Waals surface area contributed by atoms with Gasteiger partial charge in [-0.25, -0.2) is 4.39 Å². The van der Waals surface area contributed by atoms with E-state index in [2.05, 4.69) is 5.32 Å². The molecule has 0 bridgehead atoms. The molecule has 7 heteroatoms. The summed E-state index contributed by atoms with van der Waals surface area (Å²) >= 11 is 1.21. The number of aryl methyl sites for hydroxylation is 1. The zero-order chi connectivity index (χ0) is 15.9. The molecule has 0 atom stereocenters. The smallest absolute Gasteiger partial charge is 0.267 e. The molecule has 3 rings (SSSR count). The van der Waals surface area contributed by atoms with Crippen LogP contribution < -0.4 is 10.9 Å². The van der Waals surface area contributed by atoms with Crippen molar-refractivity contribution in [2.24, 2.45) is 7.05 Å². The summed E-state index contributed by atoms with van der Waals surface area (Å²) in [6.07, 6.45) is 0. The fourth-order valence-corrected chi connectivity index (χ4v) is 3.06. The first-order valence-electron chi connectivity index (χ1n) is 6.35. The number of pyridine rings is 1. The average Bonchev–Trinajstić information content (AvgIpc) is 2.97. The highest BCUT2D eigenvalue weighted by Gasteiger charge is 2.22. The predicted molar refractivity (Wildman–Crippen MR) is 83.1 cm³/mol. The Kier molecular flexibility index (Phi) is 3.42. The van der Waals surface area contributed by atoms with Gasteiger partial charge in [-0.3, -0.25) is 9.59 Å². The molecule has 0 unspecified atom stereocenters. The molecule has 2 N–H and O–H groups in total. The molecule has 22 heavy (non-hydrogen) atoms. The Labute approximate surface area is 128 Å². The number of fused-ring (bicyclic) bond motifs is 1. The highest BCUT2D eigenvalue weighted by atomic mass is 32.1. The summed E-state index contributed by atoms with van der Waals surface area (Å²) in [4.78, 5) is 24.6. The summed E-state index contributed by atoms with van der Waals surface area (Å²) in [5, 5.41) is 14.2. The van der Waals surface area contributed by atoms with Gasteiger partial charge in [-0.05, 0) is 23.6 Å². The van der Waals surface area contributed by atoms with Crippen molar-refractivity contribution in [2.45, 2.75) is 0 Å². The van der Waals surface area contributed by atoms with Crippen LogP contribution in [0.1, 0.15) is 10.4 Å². The quantitative estimate of drug-likeness (QED) is 0.763. The number of hydrogen-bond donors (Lipinski definition) is 2. The number of thiophene rings is 1. The lowest BCUT2D eigenvalue weighted by Crippen LogP contribution is -2.28. The summed E-state index contributed by atoms with van der Waals surface area (Å²) in [6, 6.07) is 7.28. The second-order valence-corrected chi connectivity index (χ2v) is 5.57. The van der Waals surface area contributed by atoms with Gasteiger partial charge in [0.05, 0.1) is 15.9 Å². The SMILES string of the molecule is Cn1c(=O)c(C(=O)Nc2ccccc2F)c(O)c2sccc21. The van der Waals surface area contributed by atoms with E-state index < -0.39 is 22.8 Å². The van der Waals surface area contributed by atoms with Crippen LogP contribution in [0.2, 0.25) is 0 Å². The third-order valence-corrected chi connectivity index (χ3v) is 4.24. The molecule has 0 fully saturated rings. The second-order valence-electron chi connectivity index (χ2n) is 4.66. The molecular formula is C15H11FN2O3S. The zero-order valence-corrected chi connectivity index (χ0v) is 12.3. The number of carbonyl (C=O) groups excluding carboxylic acids is 1. The topological polar surface area (TPSA) is 71.3 Å². The number of nitrogens with one attached hydrogen (secondary N) is 1. The molecule has 0 saturated carbocycles. The minimum absolute atomic E-state index is 0.0553. The minimum atomic E-state index is -0.849. The van der Waals surface area contributed by atoms with E-state index >= 15 is 0 Å². The van der Waals surface area contributed by atoms with Gasteiger partial charge < -0.3 is 15.0 Å². The van der Waals surface area contributed by atoms with E-state index in [4.69, 9.17) is 0 Å². The number of hydrogen-bond acceptors (Lipinski definition) is 4. The van der Waals surface area contributed by atoms with Gasteiger partial charge in [0.2, 0.25) is 0 Å². The summed E-state index contributed by atoms with van der Waals surface area (Å²) < 4.78 is 15.3. The van der Waals surface area contributed by atoms with E-state index in [1.807, 2.05) is 0 Å². The molecule has 1 aromatic carbocycles. The van der Waals surface area contributed by atoms with Crippen LogP contribution in [-0.4, -0.2) is 15.6 Å². The Morgan fingerprint density at radius 1 is 1.32 bits per heavy atom. The Hall–Kier alpha value is -2.67. The summed E-state index contributed by atoms with van der Waals surface area (Å²) in [7, 11) is 1.51. The molecule has 2 aromatic heterocycles. The van der Waals surface area contributed by atoms with Crippen molar-refractivity contribution in [3.05, 3.63) is 57.4 Å². The molecule has 0 aliphatic carbocycles. The monoisotopic (exact) mass is 318 g/mol. The van der Waals surface area contributed by atoms with Crippen molar-refractivity contribution in [2.75, 3.05) is 5.32 Å². The van der Waals surface area contributed by atoms with Gasteiger partial charge in [0.1, 0.15) is 11.4 Å². The number of nitrogens with zero attached hydrogens (tertiary/aromatic N) is 1. The van der Waals surface area contributed by atoms with Crippen molar-refractivity contribution in [3.63, 3.8) is 0 Å². The average molecular weight is 318 g/mol. The number of rotatable bonds is 2. The first kappa shape index (κ1) is 14.3. The van der Waals surface area contributed by atoms with E-state index in [1.165, 1.54) is 41.2 Å². The fourth-order valence-electron chi connectivity index (χ4n) is 2.19. The van der Waals surface area contributed by atoms with E-state index in [9.17, 15) is 19.1 Å². The van der Waals surface area contributed by atoms with Crippen molar-refractivity contribution in [3.8, 4) is 5.75 Å². The molecule has 1 amide bonds. The maximum atomic E-state index is 13.6. The molecular weight excluding hydrogens is 307 g/mol. The maximum absolute atomic E-state index is 13.6. The third kappa shape index (κ3) is 2.15. The Morgan fingerprint density at radius 3 is 2.77 bits per heavy atom. The van der Waals surface area contributed by atoms with Crippen molar-refractivity contribution in [1.29, 1.82) is 0 Å². The fraction of sp³-hybridized carbons (Fsp3) is 0.0667. The molecule has 5 nitrogen and oxygen atoms in total. The number of anilines is 1. The largest absolute Gasteiger partial charge is 0.505 e. The minimum Gasteiger partial charge on any atom is -0.505 e. The lowest BCUT2D eigenvalue weighted by Gasteiger charge is -2.10. The second kappa shape index (κ2) is 5.27. The van der Waals surface area contributed by atoms with E-state index in [1.54, 1.807) is 17.5 Å². The normalized spacial score (nSPS) is 10.8. The molecule has 0 aliphatic heterocycles. The Bertz CT molecular complexity index is 946. The van der Waals surface area contributed by atoms with E-state index in [0.717, 1.165) is 0 Å². The zero-order valence-electron chi connectivity index (χ0n) is 11.5. The van der Waals surface area contributed by atoms with Gasteiger partial charge in [0, 0.05) is 7.05 Å². The molecule has 0 radical (unpaired) electrons. The standard InChI is InChI=1S/C15H11FN2O3S/c1-18-10-6-7-22-13(10)12(19)11(15(18)21)14(20)17-9-5-3-2-4-8(9)16/h2-7,19H,1H3,(H,17,20). The lowest BCUT2D eigenvalue weighted by molar-refractivity contribution is 0.102. The Morgan fingerprint density at radius 2 is 2.05 bits per heavy atom. The highest BCUT2D eigenvalue weighted by molar-refractivity contribution is 7.17. The van der Waals surface area contributed by atoms with Crippen LogP contribution in [0.4, 0.5) is 10.1 Å². The van der Waals surface area contributed by atoms with Gasteiger partial charge in [0.15, 0.2) is 5.75 Å². The van der Waals surface area contributed by atoms with Crippen molar-refractivity contribution >= 4 is 33.1 Å². The molecule has 112 valence electrons. The summed E-state index contributed by atoms with van der Waals surface area (Å²) in [5.74, 6) is -1.86. The molecule has 3 aromatic rings. The number of para-hydroxylation sites is 1. The van der Waals surface area contributed by atoms with Crippen LogP contribution in [-0.2, 0) is 7.05 Å². The first-order valence-corrected chi connectivity index (χ1v) is 7.23. The van der Waals surface area contributed by atoms with Gasteiger partial charge in [-0.2, -0.15) is 0 Å². The van der Waals surface area contributed by atoms with Crippen molar-refractivity contribution in [1.82, 2.24) is 4.57 Å². The maximum Gasteiger partial charge on any atom is 0.267 e. The number of amides is 1. The number of aromatic hydroxyl groups is 1. The van der Waals surface area contributed by atoms with Crippen LogP contribution in [0.15, 0.2) is 40.5 Å². The van der Waals surface area contributed by atoms with Gasteiger partial charge in [0.25, 0.3) is 11.5 Å². The molecule has 2 heterocycles. The van der Waals surface area contributed by atoms with Crippen LogP contribution in [0.25, 0.3) is 10.2 Å². The summed E-state index contributed by atoms with van der Waals surface area (Å²) in [5.41, 5.74) is -0.562. The van der Waals surface area contributed by atoms with Crippen LogP contribution >= 0.6 is 11.3 Å². The Balaban J connectivity index is 2.12. The van der Waals surface area contributed by atoms with Gasteiger partial charge in [-0.15, -0.1) is 11.3 Å². The molecule has 0 saturated heterocycles. The predicted octanol–water partition coefficient (Wildman–Crippen LogP) is 2.70. The number of benzene rings is 1. The van der Waals surface area contributed by atoms with E-state index in [0.29, 0.717) is 10.2 Å². The number of halogens is 1. The molecule has 0 aliphatic rings.